The van der Waals surface area contributed by atoms with Crippen molar-refractivity contribution in [2.75, 3.05) is 17.7 Å². The molecule has 0 saturated heterocycles. The number of carbonyl (C=O) groups excluding carboxylic acids is 1. The highest BCUT2D eigenvalue weighted by molar-refractivity contribution is 6.14. The van der Waals surface area contributed by atoms with Gasteiger partial charge in [-0.25, -0.2) is 4.79 Å². The van der Waals surface area contributed by atoms with Crippen molar-refractivity contribution in [3.05, 3.63) is 83.5 Å². The number of carbonyl (C=O) groups is 2. The van der Waals surface area contributed by atoms with Gasteiger partial charge in [-0.1, -0.05) is 12.2 Å². The van der Waals surface area contributed by atoms with Crippen molar-refractivity contribution in [1.29, 1.82) is 0 Å². The largest absolute Gasteiger partial charge is 0.478 e. The molecule has 1 atom stereocenters. The number of hydrogen-bond donors (Lipinski definition) is 4. The van der Waals surface area contributed by atoms with Crippen LogP contribution in [-0.2, 0) is 9.59 Å². The van der Waals surface area contributed by atoms with Crippen molar-refractivity contribution >= 4 is 23.3 Å². The summed E-state index contributed by atoms with van der Waals surface area (Å²) in [6.45, 7) is 1.59. The fourth-order valence-electron chi connectivity index (χ4n) is 3.02. The normalized spacial score (nSPS) is 14.4. The first-order valence-electron chi connectivity index (χ1n) is 9.77. The summed E-state index contributed by atoms with van der Waals surface area (Å²) in [6.07, 6.45) is 3.96. The molecule has 0 radical (unpaired) electrons. The molecule has 0 aliphatic heterocycles. The molecule has 0 aromatic heterocycles. The van der Waals surface area contributed by atoms with Crippen molar-refractivity contribution in [1.82, 2.24) is 0 Å². The van der Waals surface area contributed by atoms with Crippen molar-refractivity contribution in [2.45, 2.75) is 19.4 Å². The lowest BCUT2D eigenvalue weighted by atomic mass is 10.0. The molecule has 0 bridgehead atoms. The van der Waals surface area contributed by atoms with Crippen LogP contribution in [0.4, 0.5) is 11.4 Å². The quantitative estimate of drug-likeness (QED) is 0.537. The molecular formula is C24H24N2O5. The number of ether oxygens (including phenoxy) is 1. The highest BCUT2D eigenvalue weighted by Gasteiger charge is 2.22. The predicted molar refractivity (Wildman–Crippen MR) is 119 cm³/mol. The van der Waals surface area contributed by atoms with Gasteiger partial charge in [-0.3, -0.25) is 4.79 Å². The SMILES string of the molecule is CNc1ccc(Oc2ccc(NC(=O)C3=CCC(C(C)O)=CC=C3C(=O)O)cc2)cc1. The third-order valence-electron chi connectivity index (χ3n) is 4.80. The van der Waals surface area contributed by atoms with E-state index in [-0.39, 0.29) is 17.6 Å². The van der Waals surface area contributed by atoms with Crippen LogP contribution in [0.1, 0.15) is 13.3 Å². The van der Waals surface area contributed by atoms with E-state index in [4.69, 9.17) is 4.74 Å². The van der Waals surface area contributed by atoms with Crippen LogP contribution in [0.3, 0.4) is 0 Å². The molecule has 1 unspecified atom stereocenters. The van der Waals surface area contributed by atoms with Crippen LogP contribution in [0.5, 0.6) is 11.5 Å². The molecule has 0 spiro atoms. The maximum absolute atomic E-state index is 12.7. The number of anilines is 2. The van der Waals surface area contributed by atoms with Crippen LogP contribution >= 0.6 is 0 Å². The zero-order valence-electron chi connectivity index (χ0n) is 17.3. The predicted octanol–water partition coefficient (Wildman–Crippen LogP) is 4.11. The standard InChI is InChI=1S/C24H24N2O5/c1-15(27)16-3-13-21(22(14-4-16)24(29)30)23(28)26-18-7-11-20(12-8-18)31-19-9-5-17(25-2)6-10-19/h4-15,25,27H,3H2,1-2H3,(H,26,28)(H,29,30). The van der Waals surface area contributed by atoms with Crippen LogP contribution in [0, 0.1) is 0 Å². The Morgan fingerprint density at radius 2 is 1.52 bits per heavy atom. The van der Waals surface area contributed by atoms with Gasteiger partial charge < -0.3 is 25.6 Å². The molecule has 160 valence electrons. The van der Waals surface area contributed by atoms with E-state index in [1.807, 2.05) is 31.3 Å². The Morgan fingerprint density at radius 3 is 2.03 bits per heavy atom. The Labute approximate surface area is 180 Å². The molecule has 2 aromatic rings. The Morgan fingerprint density at radius 1 is 0.935 bits per heavy atom. The molecule has 1 amide bonds. The summed E-state index contributed by atoms with van der Waals surface area (Å²) >= 11 is 0. The van der Waals surface area contributed by atoms with E-state index in [0.717, 1.165) is 5.69 Å². The number of aliphatic hydroxyl groups excluding tert-OH is 1. The van der Waals surface area contributed by atoms with Crippen LogP contribution < -0.4 is 15.4 Å². The monoisotopic (exact) mass is 420 g/mol. The van der Waals surface area contributed by atoms with E-state index < -0.39 is 18.0 Å². The maximum Gasteiger partial charge on any atom is 0.336 e. The molecular weight excluding hydrogens is 396 g/mol. The summed E-state index contributed by atoms with van der Waals surface area (Å²) in [4.78, 5) is 24.3. The number of carboxylic acid groups (broad SMARTS) is 1. The van der Waals surface area contributed by atoms with Gasteiger partial charge in [0.1, 0.15) is 11.5 Å². The fraction of sp³-hybridized carbons (Fsp3) is 0.167. The van der Waals surface area contributed by atoms with Gasteiger partial charge in [-0.15, -0.1) is 0 Å². The first-order chi connectivity index (χ1) is 14.9. The number of hydrogen-bond acceptors (Lipinski definition) is 5. The first-order valence-corrected chi connectivity index (χ1v) is 9.77. The van der Waals surface area contributed by atoms with Crippen LogP contribution in [0.15, 0.2) is 83.5 Å². The van der Waals surface area contributed by atoms with E-state index in [1.165, 1.54) is 12.2 Å². The molecule has 7 heteroatoms. The average molecular weight is 420 g/mol. The highest BCUT2D eigenvalue weighted by Crippen LogP contribution is 2.26. The molecule has 0 saturated carbocycles. The van der Waals surface area contributed by atoms with E-state index in [1.54, 1.807) is 37.3 Å². The number of aliphatic carboxylic acids is 1. The van der Waals surface area contributed by atoms with Crippen molar-refractivity contribution in [2.24, 2.45) is 0 Å². The summed E-state index contributed by atoms with van der Waals surface area (Å²) in [5, 5.41) is 25.0. The summed E-state index contributed by atoms with van der Waals surface area (Å²) in [6, 6.07) is 14.3. The number of benzene rings is 2. The van der Waals surface area contributed by atoms with Gasteiger partial charge >= 0.3 is 5.97 Å². The molecule has 1 aliphatic rings. The summed E-state index contributed by atoms with van der Waals surface area (Å²) < 4.78 is 5.78. The molecule has 0 heterocycles. The number of allylic oxidation sites excluding steroid dienone is 3. The number of amides is 1. The maximum atomic E-state index is 12.7. The minimum absolute atomic E-state index is 0.0457. The van der Waals surface area contributed by atoms with E-state index in [2.05, 4.69) is 10.6 Å². The minimum Gasteiger partial charge on any atom is -0.478 e. The number of nitrogens with one attached hydrogen (secondary N) is 2. The molecule has 0 fully saturated rings. The van der Waals surface area contributed by atoms with Crippen molar-refractivity contribution in [3.8, 4) is 11.5 Å². The van der Waals surface area contributed by atoms with Crippen LogP contribution in [0.2, 0.25) is 0 Å². The topological polar surface area (TPSA) is 108 Å². The second kappa shape index (κ2) is 9.77. The van der Waals surface area contributed by atoms with Gasteiger partial charge in [0.2, 0.25) is 0 Å². The average Bonchev–Trinajstić information content (AvgIpc) is 2.99. The van der Waals surface area contributed by atoms with E-state index in [9.17, 15) is 19.8 Å². The second-order valence-electron chi connectivity index (χ2n) is 6.98. The summed E-state index contributed by atoms with van der Waals surface area (Å²) in [7, 11) is 1.84. The summed E-state index contributed by atoms with van der Waals surface area (Å²) in [5.74, 6) is -0.472. The smallest absolute Gasteiger partial charge is 0.336 e. The first kappa shape index (κ1) is 21.9. The Kier molecular flexibility index (Phi) is 6.89. The fourth-order valence-corrected chi connectivity index (χ4v) is 3.02. The van der Waals surface area contributed by atoms with Gasteiger partial charge in [0.25, 0.3) is 5.91 Å². The van der Waals surface area contributed by atoms with Crippen LogP contribution in [0.25, 0.3) is 0 Å². The second-order valence-corrected chi connectivity index (χ2v) is 6.98. The van der Waals surface area contributed by atoms with E-state index in [0.29, 0.717) is 22.8 Å². The van der Waals surface area contributed by atoms with Crippen molar-refractivity contribution in [3.63, 3.8) is 0 Å². The lowest BCUT2D eigenvalue weighted by molar-refractivity contribution is -0.132. The van der Waals surface area contributed by atoms with Gasteiger partial charge in [0, 0.05) is 18.4 Å². The third-order valence-corrected chi connectivity index (χ3v) is 4.80. The number of carboxylic acids is 1. The van der Waals surface area contributed by atoms with E-state index >= 15 is 0 Å². The highest BCUT2D eigenvalue weighted by atomic mass is 16.5. The third kappa shape index (κ3) is 5.61. The Hall–Kier alpha value is -3.84. The Balaban J connectivity index is 1.70. The Bertz CT molecular complexity index is 1050. The van der Waals surface area contributed by atoms with Crippen molar-refractivity contribution < 1.29 is 24.5 Å². The zero-order valence-corrected chi connectivity index (χ0v) is 17.3. The number of rotatable bonds is 7. The molecule has 3 rings (SSSR count). The minimum atomic E-state index is -1.21. The lowest BCUT2D eigenvalue weighted by Crippen LogP contribution is -2.19. The van der Waals surface area contributed by atoms with Gasteiger partial charge in [0.05, 0.1) is 17.3 Å². The van der Waals surface area contributed by atoms with Crippen LogP contribution in [-0.4, -0.2) is 35.2 Å². The molecule has 1 aliphatic carbocycles. The molecule has 4 N–H and O–H groups in total. The summed E-state index contributed by atoms with van der Waals surface area (Å²) in [5.41, 5.74) is 2.03. The molecule has 2 aromatic carbocycles. The molecule has 7 nitrogen and oxygen atoms in total. The van der Waals surface area contributed by atoms with Gasteiger partial charge in [-0.2, -0.15) is 0 Å². The number of aliphatic hydroxyl groups is 1. The van der Waals surface area contributed by atoms with Gasteiger partial charge in [0.15, 0.2) is 0 Å². The zero-order chi connectivity index (χ0) is 22.4. The lowest BCUT2D eigenvalue weighted by Gasteiger charge is -2.11. The molecule has 31 heavy (non-hydrogen) atoms. The van der Waals surface area contributed by atoms with Gasteiger partial charge in [-0.05, 0) is 73.5 Å².